The summed E-state index contributed by atoms with van der Waals surface area (Å²) in [5.74, 6) is -1.48. The smallest absolute Gasteiger partial charge is 0.295 e. The van der Waals surface area contributed by atoms with E-state index in [2.05, 4.69) is 50.8 Å². The van der Waals surface area contributed by atoms with Crippen molar-refractivity contribution in [2.75, 3.05) is 24.9 Å². The molecule has 0 fully saturated rings. The van der Waals surface area contributed by atoms with Gasteiger partial charge < -0.3 is 0 Å². The van der Waals surface area contributed by atoms with Crippen LogP contribution < -0.4 is 16.0 Å². The van der Waals surface area contributed by atoms with Gasteiger partial charge in [-0.2, -0.15) is 0 Å². The Balaban J connectivity index is 1.81. The highest BCUT2D eigenvalue weighted by Crippen LogP contribution is 2.26. The average Bonchev–Trinajstić information content (AvgIpc) is 3.22. The van der Waals surface area contributed by atoms with E-state index < -0.39 is 21.6 Å². The first-order valence-electron chi connectivity index (χ1n) is 7.46. The molecule has 0 spiro atoms. The molecule has 3 rings (SSSR count). The number of hydrogen-bond donors (Lipinski definition) is 2. The van der Waals surface area contributed by atoms with Crippen molar-refractivity contribution in [1.82, 2.24) is 24.8 Å². The Morgan fingerprint density at radius 3 is 2.82 bits per heavy atom. The van der Waals surface area contributed by atoms with Gasteiger partial charge in [0.15, 0.2) is 0 Å². The molecule has 0 unspecified atom stereocenters. The van der Waals surface area contributed by atoms with Gasteiger partial charge in [-0.3, -0.25) is 9.36 Å². The average molecular weight is 479 g/mol. The van der Waals surface area contributed by atoms with Gasteiger partial charge in [0.05, 0.1) is 23.0 Å². The molecule has 0 radical (unpaired) electrons. The Bertz CT molecular complexity index is 1140. The molecule has 1 aromatic carbocycles. The van der Waals surface area contributed by atoms with Gasteiger partial charge in [0.25, 0.3) is 0 Å². The van der Waals surface area contributed by atoms with Crippen LogP contribution in [0.5, 0.6) is 0 Å². The Hall–Kier alpha value is -2.62. The molecule has 12 nitrogen and oxygen atoms in total. The third-order valence-electron chi connectivity index (χ3n) is 3.20. The molecule has 0 bridgehead atoms. The van der Waals surface area contributed by atoms with Crippen molar-refractivity contribution in [3.8, 4) is 17.2 Å². The second-order valence-electron chi connectivity index (χ2n) is 5.28. The Labute approximate surface area is 164 Å². The zero-order valence-electron chi connectivity index (χ0n) is 14.0. The maximum absolute atomic E-state index is 13.5. The molecule has 0 atom stereocenters. The SMILES string of the molecule is CS(=O)(=O)NCCONc1nonc1-c1noc(=O)n1-c1ccc(F)c(Br)c1. The van der Waals surface area contributed by atoms with Crippen molar-refractivity contribution in [2.24, 2.45) is 0 Å². The van der Waals surface area contributed by atoms with E-state index in [0.717, 1.165) is 16.9 Å². The maximum atomic E-state index is 13.5. The first-order valence-corrected chi connectivity index (χ1v) is 10.1. The van der Waals surface area contributed by atoms with E-state index in [1.165, 1.54) is 12.1 Å². The molecule has 2 heterocycles. The van der Waals surface area contributed by atoms with Crippen LogP contribution in [0.25, 0.3) is 17.2 Å². The molecule has 0 saturated heterocycles. The van der Waals surface area contributed by atoms with Crippen LogP contribution in [-0.2, 0) is 14.9 Å². The number of halogens is 2. The summed E-state index contributed by atoms with van der Waals surface area (Å²) in [7, 11) is -3.34. The number of nitrogens with one attached hydrogen (secondary N) is 2. The number of sulfonamides is 1. The topological polar surface area (TPSA) is 154 Å². The summed E-state index contributed by atoms with van der Waals surface area (Å²) in [5.41, 5.74) is 2.64. The summed E-state index contributed by atoms with van der Waals surface area (Å²) in [5, 5.41) is 10.9. The molecule has 0 saturated carbocycles. The van der Waals surface area contributed by atoms with Gasteiger partial charge in [-0.1, -0.05) is 5.16 Å². The number of aromatic nitrogens is 4. The second-order valence-corrected chi connectivity index (χ2v) is 7.97. The minimum absolute atomic E-state index is 0.00468. The fourth-order valence-corrected chi connectivity index (χ4v) is 2.87. The van der Waals surface area contributed by atoms with Crippen molar-refractivity contribution in [3.05, 3.63) is 39.0 Å². The molecule has 2 aromatic heterocycles. The highest BCUT2D eigenvalue weighted by atomic mass is 79.9. The zero-order chi connectivity index (χ0) is 20.3. The van der Waals surface area contributed by atoms with Crippen molar-refractivity contribution < 1.29 is 26.8 Å². The molecule has 2 N–H and O–H groups in total. The quantitative estimate of drug-likeness (QED) is 0.348. The molecule has 0 amide bonds. The molecule has 0 aliphatic heterocycles. The second kappa shape index (κ2) is 8.17. The van der Waals surface area contributed by atoms with E-state index in [9.17, 15) is 17.6 Å². The van der Waals surface area contributed by atoms with Crippen LogP contribution in [0.15, 0.2) is 36.6 Å². The summed E-state index contributed by atoms with van der Waals surface area (Å²) in [6, 6.07) is 3.85. The monoisotopic (exact) mass is 478 g/mol. The predicted molar refractivity (Wildman–Crippen MR) is 95.5 cm³/mol. The molecular formula is C13H12BrFN6O6S. The van der Waals surface area contributed by atoms with E-state index >= 15 is 0 Å². The third-order valence-corrected chi connectivity index (χ3v) is 4.54. The number of hydrogen-bond acceptors (Lipinski definition) is 10. The minimum Gasteiger partial charge on any atom is -0.295 e. The van der Waals surface area contributed by atoms with Crippen LogP contribution in [0.2, 0.25) is 0 Å². The van der Waals surface area contributed by atoms with Gasteiger partial charge in [0.2, 0.25) is 27.4 Å². The highest BCUT2D eigenvalue weighted by molar-refractivity contribution is 9.10. The third kappa shape index (κ3) is 4.61. The van der Waals surface area contributed by atoms with Gasteiger partial charge >= 0.3 is 5.76 Å². The Morgan fingerprint density at radius 1 is 1.32 bits per heavy atom. The highest BCUT2D eigenvalue weighted by Gasteiger charge is 2.23. The van der Waals surface area contributed by atoms with Crippen LogP contribution in [0.1, 0.15) is 0 Å². The number of nitrogens with zero attached hydrogens (tertiary/aromatic N) is 4. The van der Waals surface area contributed by atoms with Crippen LogP contribution in [0, 0.1) is 5.82 Å². The van der Waals surface area contributed by atoms with Gasteiger partial charge in [0.1, 0.15) is 5.82 Å². The molecule has 150 valence electrons. The summed E-state index contributed by atoms with van der Waals surface area (Å²) in [6.07, 6.45) is 1.01. The lowest BCUT2D eigenvalue weighted by molar-refractivity contribution is 0.195. The van der Waals surface area contributed by atoms with Gasteiger partial charge in [0, 0.05) is 6.54 Å². The lowest BCUT2D eigenvalue weighted by Crippen LogP contribution is -2.26. The molecule has 3 aromatic rings. The number of benzene rings is 1. The fourth-order valence-electron chi connectivity index (χ4n) is 2.05. The first-order chi connectivity index (χ1) is 13.3. The van der Waals surface area contributed by atoms with E-state index in [1.54, 1.807) is 0 Å². The van der Waals surface area contributed by atoms with Gasteiger partial charge in [-0.25, -0.2) is 37.0 Å². The van der Waals surface area contributed by atoms with Crippen LogP contribution in [-0.4, -0.2) is 47.9 Å². The van der Waals surface area contributed by atoms with Crippen LogP contribution in [0.4, 0.5) is 10.2 Å². The molecule has 28 heavy (non-hydrogen) atoms. The fraction of sp³-hybridized carbons (Fsp3) is 0.231. The molecule has 0 aliphatic rings. The normalized spacial score (nSPS) is 11.7. The van der Waals surface area contributed by atoms with Crippen molar-refractivity contribution >= 4 is 31.8 Å². The Morgan fingerprint density at radius 2 is 2.11 bits per heavy atom. The lowest BCUT2D eigenvalue weighted by atomic mass is 10.3. The van der Waals surface area contributed by atoms with E-state index in [0.29, 0.717) is 0 Å². The maximum Gasteiger partial charge on any atom is 0.446 e. The standard InChI is InChI=1S/C13H12BrFN6O6S/c1-28(23,24)16-4-5-25-18-11-10(17-27-19-11)12-20-26-13(22)21(12)7-2-3-9(15)8(14)6-7/h2-3,6,16H,4-5H2,1H3,(H,18,19). The summed E-state index contributed by atoms with van der Waals surface area (Å²) in [4.78, 5) is 17.1. The number of anilines is 1. The van der Waals surface area contributed by atoms with Crippen molar-refractivity contribution in [1.29, 1.82) is 0 Å². The Kier molecular flexibility index (Phi) is 5.87. The summed E-state index contributed by atoms with van der Waals surface area (Å²) >= 11 is 3.04. The van der Waals surface area contributed by atoms with Crippen LogP contribution in [0.3, 0.4) is 0 Å². The first kappa shape index (κ1) is 20.1. The van der Waals surface area contributed by atoms with Gasteiger partial charge in [-0.15, -0.1) is 0 Å². The minimum atomic E-state index is -3.34. The number of rotatable bonds is 8. The molecule has 0 aliphatic carbocycles. The molecular weight excluding hydrogens is 467 g/mol. The molecule has 15 heteroatoms. The van der Waals surface area contributed by atoms with Crippen LogP contribution >= 0.6 is 15.9 Å². The van der Waals surface area contributed by atoms with Gasteiger partial charge in [-0.05, 0) is 44.4 Å². The summed E-state index contributed by atoms with van der Waals surface area (Å²) < 4.78 is 48.1. The predicted octanol–water partition coefficient (Wildman–Crippen LogP) is 0.670. The van der Waals surface area contributed by atoms with E-state index in [-0.39, 0.29) is 40.6 Å². The van der Waals surface area contributed by atoms with Crippen molar-refractivity contribution in [3.63, 3.8) is 0 Å². The van der Waals surface area contributed by atoms with Crippen molar-refractivity contribution in [2.45, 2.75) is 0 Å². The van der Waals surface area contributed by atoms with E-state index in [1.807, 2.05) is 0 Å². The zero-order valence-corrected chi connectivity index (χ0v) is 16.5. The largest absolute Gasteiger partial charge is 0.446 e. The van der Waals surface area contributed by atoms with E-state index in [4.69, 9.17) is 4.84 Å². The summed E-state index contributed by atoms with van der Waals surface area (Å²) in [6.45, 7) is -0.0411. The lowest BCUT2D eigenvalue weighted by Gasteiger charge is -2.06.